The third-order valence-corrected chi connectivity index (χ3v) is 13.7. The number of anilines is 1. The van der Waals surface area contributed by atoms with Crippen LogP contribution in [0.3, 0.4) is 0 Å². The number of unbranched alkanes of at least 4 members (excludes halogenated alkanes) is 7. The molecule has 28 heteroatoms. The summed E-state index contributed by atoms with van der Waals surface area (Å²) in [5.41, 5.74) is 4.28. The number of nitrogens with zero attached hydrogens (tertiary/aromatic N) is 4. The molecule has 0 saturated carbocycles. The fourth-order valence-corrected chi connectivity index (χ4v) is 9.80. The summed E-state index contributed by atoms with van der Waals surface area (Å²) in [5, 5.41) is 26.6. The molecule has 7 atom stereocenters. The van der Waals surface area contributed by atoms with Gasteiger partial charge in [0, 0.05) is 37.1 Å². The van der Waals surface area contributed by atoms with E-state index in [1.54, 1.807) is 0 Å². The fraction of sp³-hybridized carbons (Fsp3) is 0.771. The summed E-state index contributed by atoms with van der Waals surface area (Å²) in [7, 11) is -16.4. The zero-order valence-corrected chi connectivity index (χ0v) is 39.2. The van der Waals surface area contributed by atoms with Crippen LogP contribution in [-0.4, -0.2) is 123 Å². The molecule has 0 aromatic carbocycles. The van der Waals surface area contributed by atoms with Gasteiger partial charge in [-0.05, 0) is 12.3 Å². The van der Waals surface area contributed by atoms with Crippen molar-refractivity contribution in [3.63, 3.8) is 0 Å². The van der Waals surface area contributed by atoms with Gasteiger partial charge < -0.3 is 50.9 Å². The van der Waals surface area contributed by atoms with Gasteiger partial charge in [0.05, 0.1) is 19.5 Å². The average molecular weight is 978 g/mol. The molecule has 0 aliphatic carbocycles. The number of carbonyl (C=O) groups is 3. The minimum Gasteiger partial charge on any atom is -0.386 e. The van der Waals surface area contributed by atoms with Crippen molar-refractivity contribution in [2.45, 2.75) is 129 Å². The molecule has 2 aromatic rings. The number of carbonyl (C=O) groups excluding carboxylic acids is 3. The van der Waals surface area contributed by atoms with E-state index in [9.17, 15) is 57.9 Å². The van der Waals surface area contributed by atoms with E-state index in [-0.39, 0.29) is 41.6 Å². The van der Waals surface area contributed by atoms with Gasteiger partial charge in [-0.15, -0.1) is 0 Å². The number of aliphatic hydroxyl groups excluding tert-OH is 2. The van der Waals surface area contributed by atoms with Gasteiger partial charge in [-0.25, -0.2) is 28.6 Å². The zero-order chi connectivity index (χ0) is 47.0. The molecular formula is C35H62N7O17P3S. The second-order valence-electron chi connectivity index (χ2n) is 16.1. The van der Waals surface area contributed by atoms with Crippen molar-refractivity contribution in [1.82, 2.24) is 30.2 Å². The molecule has 63 heavy (non-hydrogen) atoms. The maximum Gasteiger partial charge on any atom is 0.481 e. The van der Waals surface area contributed by atoms with Gasteiger partial charge in [0.1, 0.15) is 36.3 Å². The number of amides is 2. The second-order valence-corrected chi connectivity index (χ2v) is 21.4. The highest BCUT2D eigenvalue weighted by atomic mass is 32.2. The van der Waals surface area contributed by atoms with Crippen LogP contribution in [0.25, 0.3) is 11.2 Å². The van der Waals surface area contributed by atoms with E-state index in [0.717, 1.165) is 54.2 Å². The zero-order valence-electron chi connectivity index (χ0n) is 35.7. The number of imidazole rings is 1. The van der Waals surface area contributed by atoms with Crippen LogP contribution in [0, 0.1) is 11.3 Å². The molecule has 0 radical (unpaired) electrons. The monoisotopic (exact) mass is 977 g/mol. The first-order valence-electron chi connectivity index (χ1n) is 20.5. The highest BCUT2D eigenvalue weighted by Crippen LogP contribution is 2.61. The van der Waals surface area contributed by atoms with E-state index >= 15 is 0 Å². The van der Waals surface area contributed by atoms with Gasteiger partial charge in [-0.3, -0.25) is 32.5 Å². The summed E-state index contributed by atoms with van der Waals surface area (Å²) >= 11 is 1.15. The normalized spacial score (nSPS) is 20.7. The Hall–Kier alpha value is -2.44. The largest absolute Gasteiger partial charge is 0.481 e. The molecule has 360 valence electrons. The van der Waals surface area contributed by atoms with Crippen LogP contribution in [0.15, 0.2) is 12.7 Å². The van der Waals surface area contributed by atoms with Crippen molar-refractivity contribution in [3.05, 3.63) is 12.7 Å². The number of nitrogen functional groups attached to an aromatic ring is 1. The lowest BCUT2D eigenvalue weighted by molar-refractivity contribution is -0.137. The van der Waals surface area contributed by atoms with Crippen molar-refractivity contribution in [2.75, 3.05) is 37.8 Å². The molecule has 3 heterocycles. The van der Waals surface area contributed by atoms with Crippen molar-refractivity contribution in [1.29, 1.82) is 0 Å². The Balaban J connectivity index is 1.36. The fourth-order valence-electron chi connectivity index (χ4n) is 6.25. The van der Waals surface area contributed by atoms with Crippen LogP contribution in [0.2, 0.25) is 0 Å². The Morgan fingerprint density at radius 1 is 0.921 bits per heavy atom. The minimum atomic E-state index is -5.57. The Kier molecular flexibility index (Phi) is 22.2. The van der Waals surface area contributed by atoms with Gasteiger partial charge in [-0.1, -0.05) is 90.8 Å². The van der Waals surface area contributed by atoms with E-state index in [1.165, 1.54) is 52.4 Å². The minimum absolute atomic E-state index is 0.0332. The van der Waals surface area contributed by atoms with E-state index in [4.69, 9.17) is 19.5 Å². The smallest absolute Gasteiger partial charge is 0.386 e. The number of rotatable bonds is 30. The van der Waals surface area contributed by atoms with Crippen molar-refractivity contribution < 1.29 is 80.5 Å². The summed E-state index contributed by atoms with van der Waals surface area (Å²) in [4.78, 5) is 88.2. The van der Waals surface area contributed by atoms with Crippen LogP contribution in [0.1, 0.15) is 105 Å². The van der Waals surface area contributed by atoms with Gasteiger partial charge in [-0.2, -0.15) is 4.31 Å². The topological polar surface area (TPSA) is 364 Å². The number of nitrogens with two attached hydrogens (primary N) is 1. The number of hydrogen-bond acceptors (Lipinski definition) is 18. The maximum absolute atomic E-state index is 12.7. The SMILES string of the molecule is CC(C)CCCCCCCCCCC(=O)SCCNC(=O)CCNC(=O)[C@H](O)C(C)(C)COP(=O)(O)OP(=O)(O)OC[C@H]1O[C@@H](n2cnc3c(N)ncnc32)[C@H](O)[C@@H]1OP(=O)(O)O. The molecule has 1 saturated heterocycles. The standard InChI is InChI=1S/C35H62N7O17P3S/c1-23(2)13-11-9-7-5-6-8-10-12-14-26(44)63-18-17-37-25(43)15-16-38-33(47)30(46)35(3,4)20-56-62(53,54)59-61(51,52)55-19-24-29(58-60(48,49)50)28(45)34(57-24)42-22-41-27-31(36)39-21-40-32(27)42/h21-24,28-30,34,45-46H,5-20H2,1-4H3,(H,37,43)(H,38,47)(H,51,52)(H,53,54)(H2,36,39,40)(H2,48,49,50)/t24-,28-,29-,30+,34-/m1/s1. The maximum atomic E-state index is 12.7. The third-order valence-electron chi connectivity index (χ3n) is 9.68. The highest BCUT2D eigenvalue weighted by molar-refractivity contribution is 8.13. The van der Waals surface area contributed by atoms with Gasteiger partial charge >= 0.3 is 23.5 Å². The highest BCUT2D eigenvalue weighted by Gasteiger charge is 2.50. The molecule has 10 N–H and O–H groups in total. The van der Waals surface area contributed by atoms with Gasteiger partial charge in [0.2, 0.25) is 11.8 Å². The van der Waals surface area contributed by atoms with Crippen LogP contribution in [-0.2, 0) is 50.7 Å². The van der Waals surface area contributed by atoms with Gasteiger partial charge in [0.15, 0.2) is 22.8 Å². The van der Waals surface area contributed by atoms with E-state index in [2.05, 4.69) is 48.3 Å². The summed E-state index contributed by atoms with van der Waals surface area (Å²) in [6.07, 6.45) is 4.07. The van der Waals surface area contributed by atoms with E-state index < -0.39 is 84.6 Å². The molecule has 1 aliphatic rings. The lowest BCUT2D eigenvalue weighted by Crippen LogP contribution is -2.46. The van der Waals surface area contributed by atoms with Crippen molar-refractivity contribution in [3.8, 4) is 0 Å². The number of aliphatic hydroxyl groups is 2. The summed E-state index contributed by atoms with van der Waals surface area (Å²) in [6, 6.07) is 0. The number of nitrogens with one attached hydrogen (secondary N) is 2. The lowest BCUT2D eigenvalue weighted by Gasteiger charge is -2.30. The number of phosphoric acid groups is 3. The number of fused-ring (bicyclic) bond motifs is 1. The van der Waals surface area contributed by atoms with E-state index in [0.29, 0.717) is 12.2 Å². The number of phosphoric ester groups is 3. The van der Waals surface area contributed by atoms with Crippen LogP contribution < -0.4 is 16.4 Å². The molecular weight excluding hydrogens is 915 g/mol. The molecule has 0 spiro atoms. The van der Waals surface area contributed by atoms with Gasteiger partial charge in [0.25, 0.3) is 0 Å². The first kappa shape index (κ1) is 54.9. The Labute approximate surface area is 369 Å². The van der Waals surface area contributed by atoms with Crippen LogP contribution in [0.5, 0.6) is 0 Å². The molecule has 2 amide bonds. The van der Waals surface area contributed by atoms with Crippen molar-refractivity contribution in [2.24, 2.45) is 11.3 Å². The third kappa shape index (κ3) is 19.5. The molecule has 1 fully saturated rings. The molecule has 0 bridgehead atoms. The van der Waals surface area contributed by atoms with Crippen molar-refractivity contribution >= 4 is 69.1 Å². The number of hydrogen-bond donors (Lipinski definition) is 9. The molecule has 1 aliphatic heterocycles. The van der Waals surface area contributed by atoms with E-state index in [1.807, 2.05) is 0 Å². The predicted molar refractivity (Wildman–Crippen MR) is 228 cm³/mol. The Bertz CT molecular complexity index is 1940. The first-order chi connectivity index (χ1) is 29.4. The number of aromatic nitrogens is 4. The summed E-state index contributed by atoms with van der Waals surface area (Å²) in [6.45, 7) is 5.06. The Morgan fingerprint density at radius 2 is 1.56 bits per heavy atom. The Morgan fingerprint density at radius 3 is 2.21 bits per heavy atom. The quantitative estimate of drug-likeness (QED) is 0.0401. The first-order valence-corrected chi connectivity index (χ1v) is 26.0. The lowest BCUT2D eigenvalue weighted by atomic mass is 9.87. The van der Waals surface area contributed by atoms with Crippen LogP contribution >= 0.6 is 35.2 Å². The average Bonchev–Trinajstić information content (AvgIpc) is 3.75. The molecule has 24 nitrogen and oxygen atoms in total. The summed E-state index contributed by atoms with van der Waals surface area (Å²) < 4.78 is 62.3. The van der Waals surface area contributed by atoms with Crippen LogP contribution in [0.4, 0.5) is 5.82 Å². The summed E-state index contributed by atoms with van der Waals surface area (Å²) in [5.74, 6) is -0.270. The molecule has 2 aromatic heterocycles. The number of thioether (sulfide) groups is 1. The molecule has 2 unspecified atom stereocenters. The predicted octanol–water partition coefficient (Wildman–Crippen LogP) is 3.22. The molecule has 3 rings (SSSR count). The number of ether oxygens (including phenoxy) is 1. The second kappa shape index (κ2) is 25.5.